The quantitative estimate of drug-likeness (QED) is 0.286. The molecular weight excluding hydrogens is 440 g/mol. The van der Waals surface area contributed by atoms with Gasteiger partial charge in [0.15, 0.2) is 0 Å². The lowest BCUT2D eigenvalue weighted by molar-refractivity contribution is -0.166. The minimum atomic E-state index is -1.10. The van der Waals surface area contributed by atoms with E-state index in [1.807, 2.05) is 0 Å². The number of ether oxygens (including phenoxy) is 3. The molecule has 0 aromatic heterocycles. The number of esters is 3. The highest BCUT2D eigenvalue weighted by Gasteiger charge is 2.34. The Kier molecular flexibility index (Phi) is 11.8. The van der Waals surface area contributed by atoms with E-state index in [4.69, 9.17) is 26.4 Å². The van der Waals surface area contributed by atoms with Gasteiger partial charge in [-0.1, -0.05) is 5.92 Å². The van der Waals surface area contributed by atoms with Gasteiger partial charge in [-0.2, -0.15) is 0 Å². The second kappa shape index (κ2) is 12.7. The van der Waals surface area contributed by atoms with Gasteiger partial charge in [0, 0.05) is 12.8 Å². The lowest BCUT2D eigenvalue weighted by atomic mass is 10.1. The van der Waals surface area contributed by atoms with Crippen molar-refractivity contribution in [3.63, 3.8) is 0 Å². The van der Waals surface area contributed by atoms with Gasteiger partial charge in [0.2, 0.25) is 5.91 Å². The highest BCUT2D eigenvalue weighted by molar-refractivity contribution is 5.86. The highest BCUT2D eigenvalue weighted by Crippen LogP contribution is 2.19. The Bertz CT molecular complexity index is 764. The Morgan fingerprint density at radius 1 is 0.794 bits per heavy atom. The van der Waals surface area contributed by atoms with Gasteiger partial charge < -0.3 is 24.8 Å². The third kappa shape index (κ3) is 13.8. The molecule has 0 fully saturated rings. The normalized spacial score (nSPS) is 13.8. The Morgan fingerprint density at radius 3 is 1.71 bits per heavy atom. The Hall–Kier alpha value is -2.60. The zero-order chi connectivity index (χ0) is 26.9. The molecule has 0 heterocycles. The molecule has 9 nitrogen and oxygen atoms in total. The number of amides is 1. The zero-order valence-corrected chi connectivity index (χ0v) is 22.1. The molecule has 0 radical (unpaired) electrons. The monoisotopic (exact) mass is 482 g/mol. The Morgan fingerprint density at radius 2 is 1.26 bits per heavy atom. The number of hydrogen-bond acceptors (Lipinski definition) is 8. The van der Waals surface area contributed by atoms with Crippen molar-refractivity contribution in [2.75, 3.05) is 6.54 Å². The Labute approximate surface area is 204 Å². The second-order valence-electron chi connectivity index (χ2n) is 11.1. The molecule has 0 rings (SSSR count). The SMILES string of the molecule is C#CCN(C(=O)CC[C@H](N)C(=O)OC(C)(C)C)[C@@H](CCC(=O)OC(C)(C)C)C(=O)OC(C)(C)C. The average molecular weight is 483 g/mol. The van der Waals surface area contributed by atoms with Crippen molar-refractivity contribution in [3.8, 4) is 12.3 Å². The smallest absolute Gasteiger partial charge is 0.329 e. The third-order valence-electron chi connectivity index (χ3n) is 4.06. The van der Waals surface area contributed by atoms with Crippen molar-refractivity contribution in [3.05, 3.63) is 0 Å². The first kappa shape index (κ1) is 31.4. The summed E-state index contributed by atoms with van der Waals surface area (Å²) < 4.78 is 16.0. The van der Waals surface area contributed by atoms with Gasteiger partial charge in [0.1, 0.15) is 28.9 Å². The zero-order valence-electron chi connectivity index (χ0n) is 22.1. The molecule has 34 heavy (non-hydrogen) atoms. The summed E-state index contributed by atoms with van der Waals surface area (Å²) in [5.74, 6) is 0.0592. The molecule has 1 amide bonds. The Balaban J connectivity index is 5.55. The van der Waals surface area contributed by atoms with Gasteiger partial charge in [-0.05, 0) is 75.2 Å². The van der Waals surface area contributed by atoms with Crippen LogP contribution in [0.25, 0.3) is 0 Å². The van der Waals surface area contributed by atoms with Gasteiger partial charge in [-0.15, -0.1) is 6.42 Å². The first-order valence-corrected chi connectivity index (χ1v) is 11.4. The molecule has 2 atom stereocenters. The van der Waals surface area contributed by atoms with Gasteiger partial charge in [0.05, 0.1) is 6.54 Å². The molecule has 0 spiro atoms. The van der Waals surface area contributed by atoms with Crippen molar-refractivity contribution in [1.82, 2.24) is 4.90 Å². The molecule has 2 N–H and O–H groups in total. The van der Waals surface area contributed by atoms with Crippen molar-refractivity contribution >= 4 is 23.8 Å². The molecule has 0 unspecified atom stereocenters. The van der Waals surface area contributed by atoms with Crippen LogP contribution >= 0.6 is 0 Å². The fourth-order valence-corrected chi connectivity index (χ4v) is 2.81. The minimum absolute atomic E-state index is 0.00191. The molecule has 194 valence electrons. The summed E-state index contributed by atoms with van der Waals surface area (Å²) in [4.78, 5) is 51.5. The summed E-state index contributed by atoms with van der Waals surface area (Å²) in [7, 11) is 0. The number of hydrogen-bond donors (Lipinski definition) is 1. The first-order chi connectivity index (χ1) is 15.3. The molecule has 0 saturated heterocycles. The summed E-state index contributed by atoms with van der Waals surface area (Å²) in [6, 6.07) is -2.12. The van der Waals surface area contributed by atoms with E-state index in [0.29, 0.717) is 0 Å². The van der Waals surface area contributed by atoms with Crippen LogP contribution in [-0.4, -0.2) is 64.1 Å². The number of nitrogens with two attached hydrogens (primary N) is 1. The van der Waals surface area contributed by atoms with Crippen LogP contribution in [0.5, 0.6) is 0 Å². The van der Waals surface area contributed by atoms with Gasteiger partial charge in [-0.25, -0.2) is 4.79 Å². The maximum absolute atomic E-state index is 13.0. The van der Waals surface area contributed by atoms with E-state index >= 15 is 0 Å². The van der Waals surface area contributed by atoms with Crippen LogP contribution < -0.4 is 5.73 Å². The molecule has 0 aliphatic rings. The minimum Gasteiger partial charge on any atom is -0.460 e. The van der Waals surface area contributed by atoms with Crippen LogP contribution in [0.4, 0.5) is 0 Å². The maximum atomic E-state index is 13.0. The summed E-state index contributed by atoms with van der Waals surface area (Å²) in [5, 5.41) is 0. The van der Waals surface area contributed by atoms with E-state index in [1.165, 1.54) is 4.90 Å². The van der Waals surface area contributed by atoms with E-state index < -0.39 is 52.7 Å². The number of terminal acetylenes is 1. The molecule has 0 aromatic carbocycles. The lowest BCUT2D eigenvalue weighted by Gasteiger charge is -2.32. The van der Waals surface area contributed by atoms with Crippen LogP contribution in [0.2, 0.25) is 0 Å². The summed E-state index contributed by atoms with van der Waals surface area (Å²) >= 11 is 0. The highest BCUT2D eigenvalue weighted by atomic mass is 16.6. The van der Waals surface area contributed by atoms with Crippen molar-refractivity contribution in [1.29, 1.82) is 0 Å². The topological polar surface area (TPSA) is 125 Å². The summed E-state index contributed by atoms with van der Waals surface area (Å²) in [6.07, 6.45) is 5.17. The van der Waals surface area contributed by atoms with Crippen LogP contribution in [0.15, 0.2) is 0 Å². The molecule has 0 aliphatic heterocycles. The predicted octanol–water partition coefficient (Wildman–Crippen LogP) is 2.73. The number of nitrogens with zero attached hydrogens (tertiary/aromatic N) is 1. The van der Waals surface area contributed by atoms with E-state index in [0.717, 1.165) is 0 Å². The second-order valence-corrected chi connectivity index (χ2v) is 11.1. The van der Waals surface area contributed by atoms with Crippen LogP contribution in [0.3, 0.4) is 0 Å². The van der Waals surface area contributed by atoms with Crippen LogP contribution in [0, 0.1) is 12.3 Å². The van der Waals surface area contributed by atoms with Gasteiger partial charge >= 0.3 is 17.9 Å². The molecule has 0 bridgehead atoms. The van der Waals surface area contributed by atoms with Gasteiger partial charge in [0.25, 0.3) is 0 Å². The third-order valence-corrected chi connectivity index (χ3v) is 4.06. The maximum Gasteiger partial charge on any atom is 0.329 e. The summed E-state index contributed by atoms with van der Waals surface area (Å²) in [5.41, 5.74) is 3.67. The van der Waals surface area contributed by atoms with E-state index in [1.54, 1.807) is 62.3 Å². The van der Waals surface area contributed by atoms with E-state index in [-0.39, 0.29) is 32.2 Å². The van der Waals surface area contributed by atoms with Gasteiger partial charge in [-0.3, -0.25) is 14.4 Å². The molecule has 0 aliphatic carbocycles. The fourth-order valence-electron chi connectivity index (χ4n) is 2.81. The largest absolute Gasteiger partial charge is 0.460 e. The van der Waals surface area contributed by atoms with Crippen LogP contribution in [-0.2, 0) is 33.4 Å². The van der Waals surface area contributed by atoms with Crippen LogP contribution in [0.1, 0.15) is 88.0 Å². The van der Waals surface area contributed by atoms with Crippen molar-refractivity contribution in [2.45, 2.75) is 117 Å². The fraction of sp³-hybridized carbons (Fsp3) is 0.760. The van der Waals surface area contributed by atoms with E-state index in [2.05, 4.69) is 5.92 Å². The van der Waals surface area contributed by atoms with E-state index in [9.17, 15) is 19.2 Å². The number of carbonyl (C=O) groups is 4. The number of rotatable bonds is 10. The standard InChI is InChI=1S/C25H42N2O7/c1-11-16-27(19(28)14-12-17(26)21(30)33-24(5,6)7)18(22(31)34-25(8,9)10)13-15-20(29)32-23(2,3)4/h1,17-18H,12-16,26H2,2-10H3/t17-,18-/m0/s1. The lowest BCUT2D eigenvalue weighted by Crippen LogP contribution is -2.48. The average Bonchev–Trinajstić information content (AvgIpc) is 2.60. The first-order valence-electron chi connectivity index (χ1n) is 11.4. The summed E-state index contributed by atoms with van der Waals surface area (Å²) in [6.45, 7) is 15.3. The molecule has 0 saturated carbocycles. The molecule has 9 heteroatoms. The number of carbonyl (C=O) groups excluding carboxylic acids is 4. The predicted molar refractivity (Wildman–Crippen MR) is 128 cm³/mol. The molecule has 0 aromatic rings. The molecular formula is C25H42N2O7. The van der Waals surface area contributed by atoms with Crippen molar-refractivity contribution in [2.24, 2.45) is 5.73 Å². The van der Waals surface area contributed by atoms with Crippen molar-refractivity contribution < 1.29 is 33.4 Å².